The van der Waals surface area contributed by atoms with Gasteiger partial charge in [0.25, 0.3) is 0 Å². The van der Waals surface area contributed by atoms with E-state index in [1.807, 2.05) is 13.8 Å². The fourth-order valence-corrected chi connectivity index (χ4v) is 3.39. The smallest absolute Gasteiger partial charge is 0.235 e. The Kier molecular flexibility index (Phi) is 2.41. The number of imide groups is 1. The molecule has 3 heteroatoms. The molecule has 3 nitrogen and oxygen atoms in total. The molecule has 2 bridgehead atoms. The van der Waals surface area contributed by atoms with E-state index in [0.29, 0.717) is 18.9 Å². The molecule has 1 saturated carbocycles. The van der Waals surface area contributed by atoms with Crippen LogP contribution >= 0.6 is 0 Å². The minimum absolute atomic E-state index is 0.0222. The number of carbonyl (C=O) groups excluding carboxylic acids is 2. The summed E-state index contributed by atoms with van der Waals surface area (Å²) < 4.78 is 0. The van der Waals surface area contributed by atoms with Gasteiger partial charge < -0.3 is 0 Å². The third-order valence-electron chi connectivity index (χ3n) is 5.19. The number of fused-ring (bicyclic) bond motifs is 2. The summed E-state index contributed by atoms with van der Waals surface area (Å²) in [6, 6.07) is 0. The normalized spacial score (nSPS) is 37.8. The maximum Gasteiger partial charge on any atom is 0.235 e. The summed E-state index contributed by atoms with van der Waals surface area (Å²) in [5.41, 5.74) is -0.399. The molecule has 2 fully saturated rings. The van der Waals surface area contributed by atoms with Crippen molar-refractivity contribution < 1.29 is 9.59 Å². The molecule has 1 saturated heterocycles. The van der Waals surface area contributed by atoms with Crippen molar-refractivity contribution in [2.45, 2.75) is 47.0 Å². The topological polar surface area (TPSA) is 37.4 Å². The van der Waals surface area contributed by atoms with Gasteiger partial charge in [0.1, 0.15) is 0 Å². The highest BCUT2D eigenvalue weighted by Crippen LogP contribution is 2.59. The van der Waals surface area contributed by atoms with Crippen molar-refractivity contribution >= 4 is 11.8 Å². The summed E-state index contributed by atoms with van der Waals surface area (Å²) in [5.74, 6) is 0.435. The molecule has 0 aromatic carbocycles. The summed E-state index contributed by atoms with van der Waals surface area (Å²) >= 11 is 0. The molecule has 0 aromatic heterocycles. The van der Waals surface area contributed by atoms with E-state index >= 15 is 0 Å². The number of likely N-dealkylation sites (tertiary alicyclic amines) is 1. The lowest BCUT2D eigenvalue weighted by atomic mass is 9.65. The van der Waals surface area contributed by atoms with Crippen LogP contribution in [0.5, 0.6) is 0 Å². The molecule has 0 aromatic rings. The van der Waals surface area contributed by atoms with Crippen molar-refractivity contribution in [2.24, 2.45) is 16.7 Å². The summed E-state index contributed by atoms with van der Waals surface area (Å²) in [7, 11) is 0. The maximum atomic E-state index is 12.5. The average molecular weight is 223 g/mol. The summed E-state index contributed by atoms with van der Waals surface area (Å²) in [5, 5.41) is 0. The molecule has 0 N–H and O–H groups in total. The highest BCUT2D eigenvalue weighted by Gasteiger charge is 2.59. The maximum absolute atomic E-state index is 12.5. The van der Waals surface area contributed by atoms with Crippen LogP contribution in [0, 0.1) is 16.7 Å². The molecule has 2 aliphatic rings. The van der Waals surface area contributed by atoms with Crippen LogP contribution in [-0.4, -0.2) is 23.3 Å². The Bertz CT molecular complexity index is 348. The minimum Gasteiger partial charge on any atom is -0.282 e. The highest BCUT2D eigenvalue weighted by molar-refractivity contribution is 6.00. The quantitative estimate of drug-likeness (QED) is 0.639. The molecule has 16 heavy (non-hydrogen) atoms. The molecule has 1 aliphatic carbocycles. The second-order valence-electron chi connectivity index (χ2n) is 5.94. The second kappa shape index (κ2) is 3.31. The Balaban J connectivity index is 2.49. The van der Waals surface area contributed by atoms with E-state index in [2.05, 4.69) is 13.8 Å². The number of carbonyl (C=O) groups is 2. The lowest BCUT2D eigenvalue weighted by Crippen LogP contribution is -2.47. The monoisotopic (exact) mass is 223 g/mol. The van der Waals surface area contributed by atoms with E-state index in [9.17, 15) is 9.59 Å². The van der Waals surface area contributed by atoms with Gasteiger partial charge >= 0.3 is 0 Å². The first kappa shape index (κ1) is 11.6. The van der Waals surface area contributed by atoms with E-state index in [1.54, 1.807) is 0 Å². The van der Waals surface area contributed by atoms with E-state index < -0.39 is 0 Å². The van der Waals surface area contributed by atoms with Crippen molar-refractivity contribution in [3.63, 3.8) is 0 Å². The zero-order valence-electron chi connectivity index (χ0n) is 10.7. The summed E-state index contributed by atoms with van der Waals surface area (Å²) in [6.45, 7) is 8.72. The first-order chi connectivity index (χ1) is 7.34. The zero-order valence-corrected chi connectivity index (χ0v) is 10.7. The fraction of sp³-hybridized carbons (Fsp3) is 0.846. The Morgan fingerprint density at radius 3 is 2.50 bits per heavy atom. The number of hydrogen-bond donors (Lipinski definition) is 0. The Morgan fingerprint density at radius 2 is 1.94 bits per heavy atom. The Labute approximate surface area is 97.2 Å². The van der Waals surface area contributed by atoms with Crippen LogP contribution < -0.4 is 0 Å². The number of amides is 2. The molecule has 2 atom stereocenters. The van der Waals surface area contributed by atoms with E-state index in [1.165, 1.54) is 4.90 Å². The van der Waals surface area contributed by atoms with Crippen molar-refractivity contribution in [1.29, 1.82) is 0 Å². The van der Waals surface area contributed by atoms with Gasteiger partial charge in [-0.25, -0.2) is 0 Å². The molecule has 0 radical (unpaired) electrons. The van der Waals surface area contributed by atoms with Gasteiger partial charge in [-0.2, -0.15) is 0 Å². The molecule has 2 amide bonds. The van der Waals surface area contributed by atoms with Crippen LogP contribution in [0.15, 0.2) is 0 Å². The second-order valence-corrected chi connectivity index (χ2v) is 5.94. The van der Waals surface area contributed by atoms with Crippen molar-refractivity contribution in [3.05, 3.63) is 0 Å². The minimum atomic E-state index is -0.347. The lowest BCUT2D eigenvalue weighted by molar-refractivity contribution is -0.152. The van der Waals surface area contributed by atoms with Gasteiger partial charge in [-0.1, -0.05) is 20.8 Å². The van der Waals surface area contributed by atoms with Crippen molar-refractivity contribution in [3.8, 4) is 0 Å². The first-order valence-electron chi connectivity index (χ1n) is 6.19. The molecule has 90 valence electrons. The molecule has 1 aliphatic heterocycles. The highest BCUT2D eigenvalue weighted by atomic mass is 16.2. The van der Waals surface area contributed by atoms with Crippen LogP contribution in [0.4, 0.5) is 0 Å². The van der Waals surface area contributed by atoms with Crippen LogP contribution in [0.1, 0.15) is 47.0 Å². The van der Waals surface area contributed by atoms with Gasteiger partial charge in [0.15, 0.2) is 0 Å². The van der Waals surface area contributed by atoms with Gasteiger partial charge in [0.05, 0.1) is 5.41 Å². The largest absolute Gasteiger partial charge is 0.282 e. The first-order valence-corrected chi connectivity index (χ1v) is 6.19. The van der Waals surface area contributed by atoms with Crippen LogP contribution in [0.2, 0.25) is 0 Å². The van der Waals surface area contributed by atoms with Crippen LogP contribution in [0.3, 0.4) is 0 Å². The van der Waals surface area contributed by atoms with Gasteiger partial charge in [-0.15, -0.1) is 0 Å². The molecule has 0 spiro atoms. The van der Waals surface area contributed by atoms with Gasteiger partial charge in [0, 0.05) is 13.0 Å². The van der Waals surface area contributed by atoms with Crippen molar-refractivity contribution in [2.75, 3.05) is 6.54 Å². The lowest BCUT2D eigenvalue weighted by Gasteiger charge is -2.39. The predicted octanol–water partition coefficient (Wildman–Crippen LogP) is 2.21. The average Bonchev–Trinajstić information content (AvgIpc) is 2.40. The third-order valence-corrected chi connectivity index (χ3v) is 5.19. The number of hydrogen-bond acceptors (Lipinski definition) is 2. The Morgan fingerprint density at radius 1 is 1.31 bits per heavy atom. The number of nitrogens with zero attached hydrogens (tertiary/aromatic N) is 1. The third kappa shape index (κ3) is 1.20. The zero-order chi connectivity index (χ0) is 12.1. The van der Waals surface area contributed by atoms with Gasteiger partial charge in [-0.05, 0) is 31.1 Å². The molecule has 2 unspecified atom stereocenters. The molecule has 2 rings (SSSR count). The van der Waals surface area contributed by atoms with Crippen LogP contribution in [-0.2, 0) is 9.59 Å². The van der Waals surface area contributed by atoms with Gasteiger partial charge in [0.2, 0.25) is 11.8 Å². The van der Waals surface area contributed by atoms with E-state index in [0.717, 1.165) is 12.8 Å². The molecular formula is C13H21NO2. The molecular weight excluding hydrogens is 202 g/mol. The van der Waals surface area contributed by atoms with Crippen molar-refractivity contribution in [1.82, 2.24) is 4.90 Å². The number of rotatable bonds is 1. The van der Waals surface area contributed by atoms with Gasteiger partial charge in [-0.3, -0.25) is 14.5 Å². The Hall–Kier alpha value is -0.860. The summed E-state index contributed by atoms with van der Waals surface area (Å²) in [6.07, 6.45) is 2.48. The summed E-state index contributed by atoms with van der Waals surface area (Å²) in [4.78, 5) is 25.9. The SMILES string of the molecule is CCN1C(=O)CC2CCC(C)(C1=O)C2(C)C. The van der Waals surface area contributed by atoms with E-state index in [4.69, 9.17) is 0 Å². The predicted molar refractivity (Wildman–Crippen MR) is 61.6 cm³/mol. The van der Waals surface area contributed by atoms with Crippen LogP contribution in [0.25, 0.3) is 0 Å². The molecule has 1 heterocycles. The van der Waals surface area contributed by atoms with E-state index in [-0.39, 0.29) is 22.6 Å². The standard InChI is InChI=1S/C13H21NO2/c1-5-14-10(15)8-9-6-7-13(4,11(14)16)12(9,2)3/h9H,5-8H2,1-4H3. The fourth-order valence-electron chi connectivity index (χ4n) is 3.39.